The van der Waals surface area contributed by atoms with Gasteiger partial charge in [0.2, 0.25) is 0 Å². The molecule has 0 unspecified atom stereocenters. The first-order valence-corrected chi connectivity index (χ1v) is 11.4. The van der Waals surface area contributed by atoms with Gasteiger partial charge in [0.05, 0.1) is 17.2 Å². The zero-order valence-electron chi connectivity index (χ0n) is 18.8. The van der Waals surface area contributed by atoms with Gasteiger partial charge in [-0.15, -0.1) is 0 Å². The van der Waals surface area contributed by atoms with Crippen molar-refractivity contribution in [2.45, 2.75) is 56.3 Å². The number of anilines is 1. The maximum absolute atomic E-state index is 12.8. The Hall–Kier alpha value is -3.06. The van der Waals surface area contributed by atoms with Crippen LogP contribution in [0.3, 0.4) is 0 Å². The Morgan fingerprint density at radius 3 is 2.68 bits per heavy atom. The molecule has 0 spiro atoms. The molecule has 12 nitrogen and oxygen atoms in total. The number of ether oxygens (including phenoxy) is 1. The van der Waals surface area contributed by atoms with E-state index < -0.39 is 30.4 Å². The summed E-state index contributed by atoms with van der Waals surface area (Å²) in [6, 6.07) is 1.81. The lowest BCUT2D eigenvalue weighted by molar-refractivity contribution is -0.137. The van der Waals surface area contributed by atoms with Crippen LogP contribution in [0.4, 0.5) is 5.82 Å². The molecule has 1 amide bonds. The third kappa shape index (κ3) is 4.02. The van der Waals surface area contributed by atoms with Gasteiger partial charge < -0.3 is 35.7 Å². The Morgan fingerprint density at radius 2 is 1.97 bits per heavy atom. The average Bonchev–Trinajstić information content (AvgIpc) is 3.50. The van der Waals surface area contributed by atoms with Crippen molar-refractivity contribution < 1.29 is 24.9 Å². The molecular formula is C22H29N7O5. The second kappa shape index (κ2) is 8.95. The lowest BCUT2D eigenvalue weighted by Crippen LogP contribution is -2.44. The summed E-state index contributed by atoms with van der Waals surface area (Å²) in [5.41, 5.74) is 7.81. The van der Waals surface area contributed by atoms with Crippen LogP contribution in [0.5, 0.6) is 0 Å². The van der Waals surface area contributed by atoms with Gasteiger partial charge in [0.25, 0.3) is 5.91 Å². The first kappa shape index (κ1) is 22.7. The number of aryl methyl sites for hydroxylation is 1. The minimum absolute atomic E-state index is 0.240. The maximum atomic E-state index is 12.8. The number of amides is 1. The first-order chi connectivity index (χ1) is 16.3. The Bertz CT molecular complexity index is 1190. The number of carbonyl (C=O) groups excluding carboxylic acids is 1. The largest absolute Gasteiger partial charge is 0.393 e. The number of aliphatic hydroxyl groups excluding tert-OH is 3. The molecule has 0 aromatic carbocycles. The summed E-state index contributed by atoms with van der Waals surface area (Å²) >= 11 is 0. The number of nitrogens with zero attached hydrogens (tertiary/aromatic N) is 5. The molecule has 1 saturated carbocycles. The Kier molecular flexibility index (Phi) is 5.98. The number of nitrogens with one attached hydrogen (secondary N) is 1. The number of aromatic nitrogens is 5. The average molecular weight is 472 g/mol. The van der Waals surface area contributed by atoms with Crippen molar-refractivity contribution in [3.63, 3.8) is 0 Å². The summed E-state index contributed by atoms with van der Waals surface area (Å²) in [5, 5.41) is 38.9. The van der Waals surface area contributed by atoms with E-state index in [9.17, 15) is 20.1 Å². The number of hydrogen-bond donors (Lipinski definition) is 5. The van der Waals surface area contributed by atoms with Gasteiger partial charge in [0, 0.05) is 31.5 Å². The van der Waals surface area contributed by atoms with Crippen LogP contribution in [0.15, 0.2) is 24.8 Å². The Morgan fingerprint density at radius 1 is 1.21 bits per heavy atom. The van der Waals surface area contributed by atoms with Crippen molar-refractivity contribution in [1.82, 2.24) is 29.6 Å². The van der Waals surface area contributed by atoms with Crippen molar-refractivity contribution in [3.05, 3.63) is 24.8 Å². The minimum Gasteiger partial charge on any atom is -0.393 e. The van der Waals surface area contributed by atoms with E-state index in [0.29, 0.717) is 41.7 Å². The highest BCUT2D eigenvalue weighted by atomic mass is 16.6. The Balaban J connectivity index is 1.38. The van der Waals surface area contributed by atoms with Gasteiger partial charge in [-0.25, -0.2) is 9.97 Å². The molecule has 4 atom stereocenters. The van der Waals surface area contributed by atoms with Gasteiger partial charge in [-0.3, -0.25) is 9.48 Å². The number of nitrogen functional groups attached to an aromatic ring is 1. The van der Waals surface area contributed by atoms with Crippen molar-refractivity contribution >= 4 is 22.8 Å². The molecule has 6 N–H and O–H groups in total. The predicted octanol–water partition coefficient (Wildman–Crippen LogP) is -0.299. The molecule has 34 heavy (non-hydrogen) atoms. The zero-order valence-corrected chi connectivity index (χ0v) is 18.8. The molecule has 3 aromatic heterocycles. The zero-order chi connectivity index (χ0) is 24.0. The first-order valence-electron chi connectivity index (χ1n) is 11.4. The quantitative estimate of drug-likeness (QED) is 0.335. The van der Waals surface area contributed by atoms with Crippen LogP contribution < -0.4 is 11.1 Å². The molecule has 0 radical (unpaired) electrons. The topological polar surface area (TPSA) is 174 Å². The van der Waals surface area contributed by atoms with Gasteiger partial charge in [0.1, 0.15) is 30.0 Å². The summed E-state index contributed by atoms with van der Waals surface area (Å²) < 4.78 is 9.08. The molecule has 2 aliphatic rings. The van der Waals surface area contributed by atoms with Crippen LogP contribution in [0.2, 0.25) is 0 Å². The highest BCUT2D eigenvalue weighted by Crippen LogP contribution is 2.38. The Labute approximate surface area is 195 Å². The molecule has 4 heterocycles. The molecule has 5 rings (SSSR count). The van der Waals surface area contributed by atoms with E-state index in [-0.39, 0.29) is 17.8 Å². The lowest BCUT2D eigenvalue weighted by atomic mass is 9.87. The smallest absolute Gasteiger partial charge is 0.252 e. The SMILES string of the molecule is Cn1ccc(-c2cn([C@@H]3O[C@H](C(=O)NC[C@H]4CC[C@@H](O)CC4)[C@@H](O)[C@H]3O)c3ncnc(N)c23)n1. The highest BCUT2D eigenvalue weighted by molar-refractivity contribution is 5.99. The molecular weight excluding hydrogens is 442 g/mol. The molecule has 2 fully saturated rings. The highest BCUT2D eigenvalue weighted by Gasteiger charge is 2.48. The van der Waals surface area contributed by atoms with Crippen LogP contribution >= 0.6 is 0 Å². The van der Waals surface area contributed by atoms with Crippen molar-refractivity contribution in [2.24, 2.45) is 13.0 Å². The summed E-state index contributed by atoms with van der Waals surface area (Å²) in [7, 11) is 1.79. The van der Waals surface area contributed by atoms with Gasteiger partial charge >= 0.3 is 0 Å². The number of carbonyl (C=O) groups is 1. The van der Waals surface area contributed by atoms with Crippen molar-refractivity contribution in [3.8, 4) is 11.3 Å². The van der Waals surface area contributed by atoms with Crippen LogP contribution in [0.1, 0.15) is 31.9 Å². The summed E-state index contributed by atoms with van der Waals surface area (Å²) in [6.45, 7) is 0.429. The van der Waals surface area contributed by atoms with E-state index >= 15 is 0 Å². The molecule has 1 aliphatic heterocycles. The van der Waals surface area contributed by atoms with E-state index in [2.05, 4.69) is 20.4 Å². The van der Waals surface area contributed by atoms with E-state index in [0.717, 1.165) is 12.8 Å². The fraction of sp³-hybridized carbons (Fsp3) is 0.545. The summed E-state index contributed by atoms with van der Waals surface area (Å²) in [4.78, 5) is 21.2. The molecule has 182 valence electrons. The lowest BCUT2D eigenvalue weighted by Gasteiger charge is -2.26. The minimum atomic E-state index is -1.42. The second-order valence-corrected chi connectivity index (χ2v) is 9.13. The van der Waals surface area contributed by atoms with Gasteiger partial charge in [-0.1, -0.05) is 0 Å². The third-order valence-electron chi connectivity index (χ3n) is 6.78. The molecule has 0 bridgehead atoms. The summed E-state index contributed by atoms with van der Waals surface area (Å²) in [5.74, 6) is 0.0145. The van der Waals surface area contributed by atoms with E-state index in [1.54, 1.807) is 28.7 Å². The normalized spacial score (nSPS) is 29.5. The van der Waals surface area contributed by atoms with Crippen LogP contribution in [-0.2, 0) is 16.6 Å². The van der Waals surface area contributed by atoms with E-state index in [1.165, 1.54) is 6.33 Å². The number of hydrogen-bond acceptors (Lipinski definition) is 9. The van der Waals surface area contributed by atoms with Gasteiger partial charge in [0.15, 0.2) is 12.3 Å². The second-order valence-electron chi connectivity index (χ2n) is 9.13. The number of fused-ring (bicyclic) bond motifs is 1. The standard InChI is InChI=1S/C22H29N7O5/c1-28-7-6-14(27-28)13-9-29(20-15(13)19(23)25-10-26-20)22-17(32)16(31)18(34-22)21(33)24-8-11-2-4-12(30)5-3-11/h6-7,9-12,16-18,22,30-32H,2-5,8H2,1H3,(H,24,33)(H2,23,25,26)/t11-,12+,16-,17+,18-,22+/m0/s1. The van der Waals surface area contributed by atoms with Crippen LogP contribution in [0.25, 0.3) is 22.3 Å². The molecule has 1 saturated heterocycles. The molecule has 12 heteroatoms. The molecule has 3 aromatic rings. The fourth-order valence-electron chi connectivity index (χ4n) is 4.86. The third-order valence-corrected chi connectivity index (χ3v) is 6.78. The number of rotatable bonds is 5. The van der Waals surface area contributed by atoms with Crippen molar-refractivity contribution in [2.75, 3.05) is 12.3 Å². The maximum Gasteiger partial charge on any atom is 0.252 e. The van der Waals surface area contributed by atoms with Crippen molar-refractivity contribution in [1.29, 1.82) is 0 Å². The number of aliphatic hydroxyl groups is 3. The van der Waals surface area contributed by atoms with E-state index in [4.69, 9.17) is 10.5 Å². The van der Waals surface area contributed by atoms with E-state index in [1.807, 2.05) is 6.07 Å². The van der Waals surface area contributed by atoms with Crippen LogP contribution in [0, 0.1) is 5.92 Å². The fourth-order valence-corrected chi connectivity index (χ4v) is 4.86. The van der Waals surface area contributed by atoms with Gasteiger partial charge in [-0.05, 0) is 37.7 Å². The predicted molar refractivity (Wildman–Crippen MR) is 121 cm³/mol. The number of nitrogens with two attached hydrogens (primary N) is 1. The monoisotopic (exact) mass is 471 g/mol. The summed E-state index contributed by atoms with van der Waals surface area (Å²) in [6.07, 6.45) is 2.49. The van der Waals surface area contributed by atoms with Crippen LogP contribution in [-0.4, -0.2) is 76.5 Å². The van der Waals surface area contributed by atoms with Gasteiger partial charge in [-0.2, -0.15) is 5.10 Å². The molecule has 1 aliphatic carbocycles.